The van der Waals surface area contributed by atoms with Gasteiger partial charge in [0, 0.05) is 28.6 Å². The summed E-state index contributed by atoms with van der Waals surface area (Å²) < 4.78 is 19.5. The molecule has 1 aliphatic carbocycles. The number of halogens is 1. The maximum absolute atomic E-state index is 14.4. The number of hydrogen-bond acceptors (Lipinski definition) is 4. The summed E-state index contributed by atoms with van der Waals surface area (Å²) in [5, 5.41) is 3.36. The molecule has 0 saturated heterocycles. The van der Waals surface area contributed by atoms with Crippen molar-refractivity contribution in [3.63, 3.8) is 0 Å². The van der Waals surface area contributed by atoms with Gasteiger partial charge in [-0.15, -0.1) is 0 Å². The van der Waals surface area contributed by atoms with E-state index in [1.807, 2.05) is 49.4 Å². The number of carbonyl (C=O) groups excluding carboxylic acids is 1. The zero-order valence-corrected chi connectivity index (χ0v) is 20.3. The van der Waals surface area contributed by atoms with Crippen LogP contribution in [-0.2, 0) is 6.42 Å². The van der Waals surface area contributed by atoms with Crippen molar-refractivity contribution in [1.29, 1.82) is 0 Å². The Morgan fingerprint density at radius 1 is 1.23 bits per heavy atom. The minimum Gasteiger partial charge on any atom is -0.494 e. The lowest BCUT2D eigenvalue weighted by molar-refractivity contribution is 0.104. The molecule has 0 atom stereocenters. The Morgan fingerprint density at radius 3 is 2.80 bits per heavy atom. The highest BCUT2D eigenvalue weighted by molar-refractivity contribution is 6.25. The van der Waals surface area contributed by atoms with E-state index in [0.717, 1.165) is 52.8 Å². The predicted molar refractivity (Wildman–Crippen MR) is 141 cm³/mol. The van der Waals surface area contributed by atoms with Gasteiger partial charge in [0.05, 0.1) is 18.5 Å². The van der Waals surface area contributed by atoms with Gasteiger partial charge in [-0.1, -0.05) is 43.4 Å². The molecule has 4 nitrogen and oxygen atoms in total. The summed E-state index contributed by atoms with van der Waals surface area (Å²) in [5.74, 6) is -0.180. The molecule has 0 fully saturated rings. The molecule has 2 aromatic rings. The number of allylic oxidation sites excluding steroid dienone is 7. The lowest BCUT2D eigenvalue weighted by Crippen LogP contribution is -2.12. The number of ether oxygens (including phenoxy) is 1. The monoisotopic (exact) mass is 468 g/mol. The molecular formula is C30H29FN2O2. The second kappa shape index (κ2) is 10.5. The number of nitrogens with zero attached hydrogens (tertiary/aromatic N) is 1. The quantitative estimate of drug-likeness (QED) is 0.467. The third-order valence-electron chi connectivity index (χ3n) is 6.08. The van der Waals surface area contributed by atoms with Gasteiger partial charge < -0.3 is 10.1 Å². The van der Waals surface area contributed by atoms with E-state index in [1.54, 1.807) is 18.3 Å². The molecule has 0 spiro atoms. The molecular weight excluding hydrogens is 439 g/mol. The second-order valence-corrected chi connectivity index (χ2v) is 8.62. The number of aliphatic imine (C=N–C) groups is 1. The molecule has 1 aliphatic heterocycles. The Hall–Kier alpha value is -3.99. The standard InChI is InChI=1S/C30H29FN2O2/c1-5-6-7-8-25-26(22-11-14-29(35-4)27(31)17-22)18-32-30(25)20(3)33-23-12-13-24-21(16-23)10-9-19(2)15-28(24)34/h6-8,11-18,33H,3,5,9-10H2,1-2,4H3/b7-6-,25-8-. The van der Waals surface area contributed by atoms with Crippen LogP contribution in [0.4, 0.5) is 10.1 Å². The lowest BCUT2D eigenvalue weighted by atomic mass is 9.95. The maximum Gasteiger partial charge on any atom is 0.186 e. The zero-order valence-electron chi connectivity index (χ0n) is 20.3. The fourth-order valence-electron chi connectivity index (χ4n) is 4.23. The van der Waals surface area contributed by atoms with E-state index < -0.39 is 5.82 Å². The SMILES string of the molecule is C=C(Nc1ccc2c(c1)CCC(C)=CC2=O)C1=NC=C(c2ccc(OC)c(F)c2)/C1=C/C=C\CC. The van der Waals surface area contributed by atoms with Crippen LogP contribution in [0.5, 0.6) is 5.75 Å². The minimum absolute atomic E-state index is 0.0500. The average Bonchev–Trinajstić information content (AvgIpc) is 3.20. The topological polar surface area (TPSA) is 50.7 Å². The molecule has 1 heterocycles. The molecule has 5 heteroatoms. The Balaban J connectivity index is 1.59. The van der Waals surface area contributed by atoms with Crippen LogP contribution in [0.1, 0.15) is 48.2 Å². The van der Waals surface area contributed by atoms with Crippen LogP contribution in [-0.4, -0.2) is 18.6 Å². The van der Waals surface area contributed by atoms with Crippen LogP contribution < -0.4 is 10.1 Å². The molecule has 0 saturated carbocycles. The highest BCUT2D eigenvalue weighted by Crippen LogP contribution is 2.34. The molecule has 2 aromatic carbocycles. The number of carbonyl (C=O) groups is 1. The summed E-state index contributed by atoms with van der Waals surface area (Å²) in [4.78, 5) is 17.1. The van der Waals surface area contributed by atoms with Crippen LogP contribution >= 0.6 is 0 Å². The maximum atomic E-state index is 14.4. The van der Waals surface area contributed by atoms with Crippen LogP contribution in [0.15, 0.2) is 95.3 Å². The normalized spacial score (nSPS) is 16.5. The lowest BCUT2D eigenvalue weighted by Gasteiger charge is -2.15. The Kier molecular flexibility index (Phi) is 7.25. The molecule has 0 unspecified atom stereocenters. The van der Waals surface area contributed by atoms with Crippen LogP contribution in [0.25, 0.3) is 5.57 Å². The number of nitrogens with one attached hydrogen (secondary N) is 1. The summed E-state index contributed by atoms with van der Waals surface area (Å²) in [5.41, 5.74) is 7.36. The van der Waals surface area contributed by atoms with Crippen molar-refractivity contribution >= 4 is 22.8 Å². The minimum atomic E-state index is -0.427. The molecule has 4 rings (SSSR count). The fourth-order valence-corrected chi connectivity index (χ4v) is 4.23. The van der Waals surface area contributed by atoms with Gasteiger partial charge in [-0.2, -0.15) is 0 Å². The van der Waals surface area contributed by atoms with Crippen molar-refractivity contribution < 1.29 is 13.9 Å². The van der Waals surface area contributed by atoms with Gasteiger partial charge in [0.2, 0.25) is 0 Å². The largest absolute Gasteiger partial charge is 0.494 e. The third-order valence-corrected chi connectivity index (χ3v) is 6.08. The summed E-state index contributed by atoms with van der Waals surface area (Å²) in [7, 11) is 1.45. The molecule has 178 valence electrons. The molecule has 0 aromatic heterocycles. The molecule has 0 bridgehead atoms. The van der Waals surface area contributed by atoms with Gasteiger partial charge >= 0.3 is 0 Å². The van der Waals surface area contributed by atoms with Crippen LogP contribution in [0.3, 0.4) is 0 Å². The summed E-state index contributed by atoms with van der Waals surface area (Å²) in [6, 6.07) is 10.6. The van der Waals surface area contributed by atoms with Crippen molar-refractivity contribution in [3.05, 3.63) is 113 Å². The van der Waals surface area contributed by atoms with Crippen molar-refractivity contribution in [3.8, 4) is 5.75 Å². The first kappa shape index (κ1) is 24.1. The first-order valence-corrected chi connectivity index (χ1v) is 11.7. The van der Waals surface area contributed by atoms with Crippen molar-refractivity contribution in [2.75, 3.05) is 12.4 Å². The number of fused-ring (bicyclic) bond motifs is 1. The van der Waals surface area contributed by atoms with Crippen molar-refractivity contribution in [1.82, 2.24) is 0 Å². The van der Waals surface area contributed by atoms with Crippen LogP contribution in [0.2, 0.25) is 0 Å². The Labute approximate surface area is 205 Å². The number of benzene rings is 2. The van der Waals surface area contributed by atoms with Gasteiger partial charge in [-0.25, -0.2) is 4.39 Å². The van der Waals surface area contributed by atoms with Gasteiger partial charge in [0.15, 0.2) is 17.3 Å². The van der Waals surface area contributed by atoms with E-state index in [2.05, 4.69) is 23.8 Å². The highest BCUT2D eigenvalue weighted by Gasteiger charge is 2.23. The number of rotatable bonds is 7. The van der Waals surface area contributed by atoms with E-state index in [-0.39, 0.29) is 11.5 Å². The van der Waals surface area contributed by atoms with Crippen molar-refractivity contribution in [2.24, 2.45) is 4.99 Å². The molecule has 2 aliphatic rings. The van der Waals surface area contributed by atoms with Gasteiger partial charge in [0.1, 0.15) is 0 Å². The van der Waals surface area contributed by atoms with Gasteiger partial charge in [0.25, 0.3) is 0 Å². The molecule has 35 heavy (non-hydrogen) atoms. The van der Waals surface area contributed by atoms with E-state index in [1.165, 1.54) is 13.2 Å². The number of anilines is 1. The van der Waals surface area contributed by atoms with E-state index in [4.69, 9.17) is 4.74 Å². The van der Waals surface area contributed by atoms with Crippen molar-refractivity contribution in [2.45, 2.75) is 33.1 Å². The van der Waals surface area contributed by atoms with E-state index >= 15 is 0 Å². The summed E-state index contributed by atoms with van der Waals surface area (Å²) in [6.07, 6.45) is 12.0. The summed E-state index contributed by atoms with van der Waals surface area (Å²) in [6.45, 7) is 8.28. The second-order valence-electron chi connectivity index (χ2n) is 8.62. The smallest absolute Gasteiger partial charge is 0.186 e. The number of ketones is 1. The molecule has 0 radical (unpaired) electrons. The number of hydrogen-bond donors (Lipinski definition) is 1. The van der Waals surface area contributed by atoms with E-state index in [9.17, 15) is 9.18 Å². The van der Waals surface area contributed by atoms with Crippen LogP contribution in [0, 0.1) is 5.82 Å². The average molecular weight is 469 g/mol. The zero-order chi connectivity index (χ0) is 24.9. The first-order valence-electron chi connectivity index (χ1n) is 11.7. The Morgan fingerprint density at radius 2 is 2.06 bits per heavy atom. The van der Waals surface area contributed by atoms with Gasteiger partial charge in [-0.3, -0.25) is 9.79 Å². The predicted octanol–water partition coefficient (Wildman–Crippen LogP) is 7.22. The molecule has 1 N–H and O–H groups in total. The number of aryl methyl sites for hydroxylation is 1. The molecule has 0 amide bonds. The third kappa shape index (κ3) is 5.24. The highest BCUT2D eigenvalue weighted by atomic mass is 19.1. The first-order chi connectivity index (χ1) is 16.9. The Bertz CT molecular complexity index is 1340. The van der Waals surface area contributed by atoms with Gasteiger partial charge in [-0.05, 0) is 73.7 Å². The van der Waals surface area contributed by atoms with E-state index in [0.29, 0.717) is 17.0 Å². The summed E-state index contributed by atoms with van der Waals surface area (Å²) >= 11 is 0. The fraction of sp³-hybridized carbons (Fsp3) is 0.200. The number of methoxy groups -OCH3 is 1.